The molecular formula is C7H17NOSi. The van der Waals surface area contributed by atoms with Crippen LogP contribution in [0.25, 0.3) is 0 Å². The van der Waals surface area contributed by atoms with Crippen LogP contribution in [0.4, 0.5) is 0 Å². The van der Waals surface area contributed by atoms with Crippen molar-refractivity contribution < 1.29 is 4.79 Å². The van der Waals surface area contributed by atoms with E-state index in [4.69, 9.17) is 5.73 Å². The number of rotatable bonds is 4. The van der Waals surface area contributed by atoms with Crippen molar-refractivity contribution >= 4 is 14.0 Å². The summed E-state index contributed by atoms with van der Waals surface area (Å²) in [5.41, 5.74) is 5.10. The van der Waals surface area contributed by atoms with E-state index in [1.54, 1.807) is 0 Å². The van der Waals surface area contributed by atoms with Gasteiger partial charge < -0.3 is 5.73 Å². The van der Waals surface area contributed by atoms with Crippen LogP contribution < -0.4 is 5.73 Å². The summed E-state index contributed by atoms with van der Waals surface area (Å²) in [5.74, 6) is -0.134. The summed E-state index contributed by atoms with van der Waals surface area (Å²) in [7, 11) is -1.24. The minimum Gasteiger partial charge on any atom is -0.370 e. The van der Waals surface area contributed by atoms with Crippen molar-refractivity contribution in [3.8, 4) is 0 Å². The van der Waals surface area contributed by atoms with E-state index in [1.165, 1.54) is 12.5 Å². The summed E-state index contributed by atoms with van der Waals surface area (Å²) in [5, 5.41) is 0. The predicted molar refractivity (Wildman–Crippen MR) is 46.6 cm³/mol. The minimum atomic E-state index is -1.24. The molecule has 0 unspecified atom stereocenters. The molecule has 0 saturated carbocycles. The molecule has 0 heterocycles. The van der Waals surface area contributed by atoms with E-state index in [0.29, 0.717) is 6.04 Å². The lowest BCUT2D eigenvalue weighted by atomic mass is 10.6. The quantitative estimate of drug-likeness (QED) is 0.622. The molecule has 0 aliphatic carbocycles. The van der Waals surface area contributed by atoms with Crippen molar-refractivity contribution in [2.75, 3.05) is 0 Å². The first-order valence-corrected chi connectivity index (χ1v) is 7.17. The molecule has 0 spiro atoms. The molecule has 0 aromatic carbocycles. The van der Waals surface area contributed by atoms with Crippen LogP contribution in [0.3, 0.4) is 0 Å². The molecule has 2 N–H and O–H groups in total. The normalized spacial score (nSPS) is 11.5. The maximum Gasteiger partial charge on any atom is 0.214 e. The zero-order valence-corrected chi connectivity index (χ0v) is 8.11. The topological polar surface area (TPSA) is 43.1 Å². The molecule has 0 aliphatic rings. The molecule has 0 aromatic heterocycles. The largest absolute Gasteiger partial charge is 0.370 e. The van der Waals surface area contributed by atoms with Gasteiger partial charge in [-0.2, -0.15) is 0 Å². The predicted octanol–water partition coefficient (Wildman–Crippen LogP) is 1.59. The summed E-state index contributed by atoms with van der Waals surface area (Å²) in [6, 6.07) is 1.84. The number of carbonyl (C=O) groups excluding carboxylic acids is 1. The fraction of sp³-hybridized carbons (Fsp3) is 0.857. The number of nitrogens with two attached hydrogens (primary N) is 1. The molecule has 0 radical (unpaired) electrons. The highest BCUT2D eigenvalue weighted by Crippen LogP contribution is 2.15. The summed E-state index contributed by atoms with van der Waals surface area (Å²) < 4.78 is 0. The third-order valence-electron chi connectivity index (χ3n) is 1.58. The van der Waals surface area contributed by atoms with Crippen LogP contribution in [0.5, 0.6) is 0 Å². The van der Waals surface area contributed by atoms with Crippen molar-refractivity contribution in [3.63, 3.8) is 0 Å². The molecule has 0 fully saturated rings. The van der Waals surface area contributed by atoms with Crippen LogP contribution in [-0.4, -0.2) is 14.0 Å². The molecule has 0 saturated heterocycles. The molecule has 3 heteroatoms. The average Bonchev–Trinajstić information content (AvgIpc) is 1.59. The third-order valence-corrected chi connectivity index (χ3v) is 4.74. The van der Waals surface area contributed by atoms with Crippen LogP contribution in [0.1, 0.15) is 13.3 Å². The van der Waals surface area contributed by atoms with E-state index < -0.39 is 8.07 Å². The maximum atomic E-state index is 10.5. The number of hydrogen-bond donors (Lipinski definition) is 1. The fourth-order valence-corrected chi connectivity index (χ4v) is 3.71. The molecular weight excluding hydrogens is 142 g/mol. The Balaban J connectivity index is 3.74. The highest BCUT2D eigenvalue weighted by Gasteiger charge is 2.21. The standard InChI is InChI=1S/C7H17NOSi/c1-4-5-10(2,3)6-7(8)9/h4-6H2,1-3H3,(H2,8,9). The fourth-order valence-electron chi connectivity index (χ4n) is 1.24. The summed E-state index contributed by atoms with van der Waals surface area (Å²) in [4.78, 5) is 10.5. The van der Waals surface area contributed by atoms with Crippen LogP contribution >= 0.6 is 0 Å². The van der Waals surface area contributed by atoms with Crippen molar-refractivity contribution in [1.29, 1.82) is 0 Å². The van der Waals surface area contributed by atoms with Crippen molar-refractivity contribution in [2.45, 2.75) is 38.5 Å². The Morgan fingerprint density at radius 3 is 2.30 bits per heavy atom. The molecule has 1 amide bonds. The van der Waals surface area contributed by atoms with Crippen LogP contribution in [0.2, 0.25) is 25.2 Å². The summed E-state index contributed by atoms with van der Waals surface area (Å²) in [6.07, 6.45) is 1.17. The van der Waals surface area contributed by atoms with Gasteiger partial charge in [-0.1, -0.05) is 32.5 Å². The Labute approximate surface area is 63.8 Å². The van der Waals surface area contributed by atoms with Gasteiger partial charge in [0.2, 0.25) is 5.91 Å². The first-order chi connectivity index (χ1) is 4.48. The molecule has 0 rings (SSSR count). The summed E-state index contributed by atoms with van der Waals surface area (Å²) >= 11 is 0. The van der Waals surface area contributed by atoms with Crippen LogP contribution in [0.15, 0.2) is 0 Å². The third kappa shape index (κ3) is 4.55. The maximum absolute atomic E-state index is 10.5. The average molecular weight is 159 g/mol. The SMILES string of the molecule is CCC[Si](C)(C)CC(N)=O. The van der Waals surface area contributed by atoms with E-state index in [1.807, 2.05) is 0 Å². The number of hydrogen-bond acceptors (Lipinski definition) is 1. The molecule has 60 valence electrons. The van der Waals surface area contributed by atoms with Crippen LogP contribution in [0, 0.1) is 0 Å². The van der Waals surface area contributed by atoms with Gasteiger partial charge in [-0.3, -0.25) is 4.79 Å². The van der Waals surface area contributed by atoms with Gasteiger partial charge >= 0.3 is 0 Å². The number of primary amides is 1. The van der Waals surface area contributed by atoms with Gasteiger partial charge in [0.25, 0.3) is 0 Å². The van der Waals surface area contributed by atoms with Gasteiger partial charge in [0.15, 0.2) is 0 Å². The lowest BCUT2D eigenvalue weighted by molar-refractivity contribution is -0.116. The van der Waals surface area contributed by atoms with Crippen molar-refractivity contribution in [3.05, 3.63) is 0 Å². The van der Waals surface area contributed by atoms with Gasteiger partial charge in [-0.15, -0.1) is 0 Å². The second-order valence-corrected chi connectivity index (χ2v) is 8.74. The van der Waals surface area contributed by atoms with Gasteiger partial charge in [0, 0.05) is 6.04 Å². The first kappa shape index (κ1) is 9.69. The van der Waals surface area contributed by atoms with Crippen LogP contribution in [-0.2, 0) is 4.79 Å². The van der Waals surface area contributed by atoms with E-state index in [-0.39, 0.29) is 5.91 Å². The van der Waals surface area contributed by atoms with E-state index in [0.717, 1.165) is 0 Å². The number of amides is 1. The smallest absolute Gasteiger partial charge is 0.214 e. The Morgan fingerprint density at radius 2 is 2.00 bits per heavy atom. The molecule has 0 atom stereocenters. The Kier molecular flexibility index (Phi) is 3.64. The molecule has 0 bridgehead atoms. The minimum absolute atomic E-state index is 0.134. The molecule has 10 heavy (non-hydrogen) atoms. The first-order valence-electron chi connectivity index (χ1n) is 3.76. The zero-order chi connectivity index (χ0) is 8.20. The van der Waals surface area contributed by atoms with E-state index in [9.17, 15) is 4.79 Å². The second kappa shape index (κ2) is 3.76. The summed E-state index contributed by atoms with van der Waals surface area (Å²) in [6.45, 7) is 6.57. The van der Waals surface area contributed by atoms with Gasteiger partial charge in [-0.25, -0.2) is 0 Å². The van der Waals surface area contributed by atoms with Gasteiger partial charge in [0.05, 0.1) is 8.07 Å². The Morgan fingerprint density at radius 1 is 1.50 bits per heavy atom. The van der Waals surface area contributed by atoms with Crippen molar-refractivity contribution in [2.24, 2.45) is 5.73 Å². The Bertz CT molecular complexity index is 123. The van der Waals surface area contributed by atoms with Crippen molar-refractivity contribution in [1.82, 2.24) is 0 Å². The van der Waals surface area contributed by atoms with Gasteiger partial charge in [-0.05, 0) is 0 Å². The highest BCUT2D eigenvalue weighted by atomic mass is 28.3. The Hall–Kier alpha value is -0.313. The number of carbonyl (C=O) groups is 1. The lowest BCUT2D eigenvalue weighted by Crippen LogP contribution is -2.31. The second-order valence-electron chi connectivity index (χ2n) is 3.56. The monoisotopic (exact) mass is 159 g/mol. The molecule has 0 aromatic rings. The van der Waals surface area contributed by atoms with E-state index >= 15 is 0 Å². The molecule has 0 aliphatic heterocycles. The van der Waals surface area contributed by atoms with Gasteiger partial charge in [0.1, 0.15) is 0 Å². The van der Waals surface area contributed by atoms with E-state index in [2.05, 4.69) is 20.0 Å². The zero-order valence-electron chi connectivity index (χ0n) is 7.11. The molecule has 2 nitrogen and oxygen atoms in total. The highest BCUT2D eigenvalue weighted by molar-refractivity contribution is 6.79. The lowest BCUT2D eigenvalue weighted by Gasteiger charge is -2.18.